The topological polar surface area (TPSA) is 13.1 Å². The lowest BCUT2D eigenvalue weighted by Gasteiger charge is -1.95. The maximum Gasteiger partial charge on any atom is 0.134 e. The molecule has 0 spiro atoms. The summed E-state index contributed by atoms with van der Waals surface area (Å²) >= 11 is 3.40. The van der Waals surface area contributed by atoms with Crippen molar-refractivity contribution in [3.05, 3.63) is 48.2 Å². The van der Waals surface area contributed by atoms with Crippen LogP contribution >= 0.6 is 15.9 Å². The largest absolute Gasteiger partial charge is 0.460 e. The minimum absolute atomic E-state index is 0.762. The molecule has 3 rings (SSSR count). The Morgan fingerprint density at radius 3 is 2.40 bits per heavy atom. The Labute approximate surface area is 95.8 Å². The van der Waals surface area contributed by atoms with Crippen molar-refractivity contribution in [1.82, 2.24) is 0 Å². The summed E-state index contributed by atoms with van der Waals surface area (Å²) in [5, 5.41) is 4.41. The molecule has 0 aliphatic rings. The highest BCUT2D eigenvalue weighted by Gasteiger charge is 2.03. The third-order valence-electron chi connectivity index (χ3n) is 2.57. The molecular formula is C13H9BrO. The van der Waals surface area contributed by atoms with Crippen LogP contribution in [-0.2, 0) is 5.33 Å². The van der Waals surface area contributed by atoms with Crippen molar-refractivity contribution in [3.8, 4) is 0 Å². The lowest BCUT2D eigenvalue weighted by molar-refractivity contribution is 0.576. The summed E-state index contributed by atoms with van der Waals surface area (Å²) in [7, 11) is 0. The van der Waals surface area contributed by atoms with Crippen LogP contribution in [0.1, 0.15) is 5.76 Å². The van der Waals surface area contributed by atoms with Crippen molar-refractivity contribution in [2.75, 3.05) is 0 Å². The van der Waals surface area contributed by atoms with Crippen LogP contribution in [0.2, 0.25) is 0 Å². The van der Waals surface area contributed by atoms with Gasteiger partial charge >= 0.3 is 0 Å². The van der Waals surface area contributed by atoms with Gasteiger partial charge in [-0.15, -0.1) is 0 Å². The fourth-order valence-electron chi connectivity index (χ4n) is 1.85. The van der Waals surface area contributed by atoms with E-state index in [4.69, 9.17) is 4.42 Å². The van der Waals surface area contributed by atoms with Gasteiger partial charge in [0.2, 0.25) is 0 Å². The van der Waals surface area contributed by atoms with Gasteiger partial charge in [-0.1, -0.05) is 40.2 Å². The molecule has 1 aromatic heterocycles. The minimum atomic E-state index is 0.762. The molecule has 15 heavy (non-hydrogen) atoms. The van der Waals surface area contributed by atoms with E-state index in [1.54, 1.807) is 0 Å². The molecule has 0 aliphatic heterocycles. The second-order valence-corrected chi connectivity index (χ2v) is 4.14. The lowest BCUT2D eigenvalue weighted by Crippen LogP contribution is -1.70. The van der Waals surface area contributed by atoms with E-state index in [1.165, 1.54) is 16.2 Å². The molecule has 3 aromatic rings. The molecule has 0 fully saturated rings. The Morgan fingerprint density at radius 2 is 1.67 bits per heavy atom. The molecule has 0 bridgehead atoms. The van der Waals surface area contributed by atoms with Gasteiger partial charge in [0.1, 0.15) is 11.3 Å². The van der Waals surface area contributed by atoms with Gasteiger partial charge in [-0.25, -0.2) is 0 Å². The van der Waals surface area contributed by atoms with Crippen molar-refractivity contribution in [1.29, 1.82) is 0 Å². The van der Waals surface area contributed by atoms with Gasteiger partial charge in [-0.3, -0.25) is 0 Å². The molecule has 1 heterocycles. The van der Waals surface area contributed by atoms with Crippen LogP contribution in [0.15, 0.2) is 46.9 Å². The summed E-state index contributed by atoms with van der Waals surface area (Å²) in [5.41, 5.74) is 0.961. The van der Waals surface area contributed by atoms with E-state index in [1.807, 2.05) is 6.07 Å². The van der Waals surface area contributed by atoms with E-state index in [-0.39, 0.29) is 0 Å². The van der Waals surface area contributed by atoms with Crippen LogP contribution in [-0.4, -0.2) is 0 Å². The highest BCUT2D eigenvalue weighted by molar-refractivity contribution is 9.08. The predicted octanol–water partition coefficient (Wildman–Crippen LogP) is 4.48. The monoisotopic (exact) mass is 260 g/mol. The normalized spacial score (nSPS) is 11.3. The Bertz CT molecular complexity index is 572. The molecule has 0 atom stereocenters. The van der Waals surface area contributed by atoms with Crippen molar-refractivity contribution >= 4 is 37.7 Å². The second kappa shape index (κ2) is 3.38. The zero-order chi connectivity index (χ0) is 10.3. The fraction of sp³-hybridized carbons (Fsp3) is 0.0769. The number of alkyl halides is 1. The SMILES string of the molecule is BrCc1cc2cc3ccccc3cc2o1. The molecule has 74 valence electrons. The highest BCUT2D eigenvalue weighted by Crippen LogP contribution is 2.26. The second-order valence-electron chi connectivity index (χ2n) is 3.58. The third kappa shape index (κ3) is 1.45. The van der Waals surface area contributed by atoms with Gasteiger partial charge < -0.3 is 4.42 Å². The highest BCUT2D eigenvalue weighted by atomic mass is 79.9. The summed E-state index contributed by atoms with van der Waals surface area (Å²) in [6.07, 6.45) is 0. The number of halogens is 1. The van der Waals surface area contributed by atoms with Gasteiger partial charge in [-0.05, 0) is 29.0 Å². The molecular weight excluding hydrogens is 252 g/mol. The summed E-state index contributed by atoms with van der Waals surface area (Å²) in [6, 6.07) is 14.7. The Balaban J connectivity index is 2.39. The van der Waals surface area contributed by atoms with Crippen LogP contribution < -0.4 is 0 Å². The molecule has 0 N–H and O–H groups in total. The lowest BCUT2D eigenvalue weighted by atomic mass is 10.1. The fourth-order valence-corrected chi connectivity index (χ4v) is 2.12. The standard InChI is InChI=1S/C13H9BrO/c14-8-12-6-11-5-9-3-1-2-4-10(9)7-13(11)15-12/h1-7H,8H2. The number of furan rings is 1. The zero-order valence-electron chi connectivity index (χ0n) is 8.03. The first-order chi connectivity index (χ1) is 7.36. The van der Waals surface area contributed by atoms with Crippen LogP contribution in [0.3, 0.4) is 0 Å². The molecule has 0 radical (unpaired) electrons. The third-order valence-corrected chi connectivity index (χ3v) is 3.12. The maximum atomic E-state index is 5.68. The summed E-state index contributed by atoms with van der Waals surface area (Å²) in [5.74, 6) is 0.973. The van der Waals surface area contributed by atoms with E-state index in [0.29, 0.717) is 0 Å². The van der Waals surface area contributed by atoms with Crippen LogP contribution in [0, 0.1) is 0 Å². The number of hydrogen-bond donors (Lipinski definition) is 0. The van der Waals surface area contributed by atoms with Gasteiger partial charge in [0, 0.05) is 5.39 Å². The van der Waals surface area contributed by atoms with Gasteiger partial charge in [0.25, 0.3) is 0 Å². The molecule has 2 aromatic carbocycles. The first-order valence-electron chi connectivity index (χ1n) is 4.84. The zero-order valence-corrected chi connectivity index (χ0v) is 9.62. The van der Waals surface area contributed by atoms with Gasteiger partial charge in [0.05, 0.1) is 5.33 Å². The Morgan fingerprint density at radius 1 is 0.933 bits per heavy atom. The van der Waals surface area contributed by atoms with E-state index in [9.17, 15) is 0 Å². The smallest absolute Gasteiger partial charge is 0.134 e. The molecule has 0 saturated carbocycles. The summed E-state index contributed by atoms with van der Waals surface area (Å²) < 4.78 is 5.68. The van der Waals surface area contributed by atoms with Crippen LogP contribution in [0.4, 0.5) is 0 Å². The van der Waals surface area contributed by atoms with E-state index < -0.39 is 0 Å². The van der Waals surface area contributed by atoms with Crippen molar-refractivity contribution in [2.45, 2.75) is 5.33 Å². The van der Waals surface area contributed by atoms with Crippen molar-refractivity contribution in [2.24, 2.45) is 0 Å². The molecule has 1 nitrogen and oxygen atoms in total. The molecule has 0 saturated heterocycles. The Kier molecular flexibility index (Phi) is 2.03. The number of hydrogen-bond acceptors (Lipinski definition) is 1. The van der Waals surface area contributed by atoms with E-state index in [0.717, 1.165) is 16.7 Å². The number of rotatable bonds is 1. The first kappa shape index (κ1) is 8.98. The molecule has 0 amide bonds. The van der Waals surface area contributed by atoms with E-state index >= 15 is 0 Å². The summed E-state index contributed by atoms with van der Waals surface area (Å²) in [6.45, 7) is 0. The number of fused-ring (bicyclic) bond motifs is 2. The Hall–Kier alpha value is -1.28. The maximum absolute atomic E-state index is 5.68. The van der Waals surface area contributed by atoms with Crippen LogP contribution in [0.25, 0.3) is 21.7 Å². The average molecular weight is 261 g/mol. The summed E-state index contributed by atoms with van der Waals surface area (Å²) in [4.78, 5) is 0. The number of benzene rings is 2. The molecule has 0 unspecified atom stereocenters. The van der Waals surface area contributed by atoms with Crippen LogP contribution in [0.5, 0.6) is 0 Å². The quantitative estimate of drug-likeness (QED) is 0.588. The predicted molar refractivity (Wildman–Crippen MR) is 66.4 cm³/mol. The van der Waals surface area contributed by atoms with Gasteiger partial charge in [-0.2, -0.15) is 0 Å². The molecule has 0 aliphatic carbocycles. The minimum Gasteiger partial charge on any atom is -0.460 e. The van der Waals surface area contributed by atoms with Gasteiger partial charge in [0.15, 0.2) is 0 Å². The molecule has 2 heteroatoms. The first-order valence-corrected chi connectivity index (χ1v) is 5.96. The average Bonchev–Trinajstić information content (AvgIpc) is 2.67. The van der Waals surface area contributed by atoms with Crippen molar-refractivity contribution < 1.29 is 4.42 Å². The van der Waals surface area contributed by atoms with E-state index in [2.05, 4.69) is 52.3 Å². The van der Waals surface area contributed by atoms with Crippen molar-refractivity contribution in [3.63, 3.8) is 0 Å².